The number of carbonyl (C=O) groups excluding carboxylic acids is 1. The molecule has 0 saturated carbocycles. The molecule has 4 heteroatoms. The molecule has 3 heterocycles. The highest BCUT2D eigenvalue weighted by Gasteiger charge is 2.36. The maximum Gasteiger partial charge on any atom is 0.264 e. The molecule has 3 nitrogen and oxygen atoms in total. The highest BCUT2D eigenvalue weighted by atomic mass is 32.1. The van der Waals surface area contributed by atoms with Crippen molar-refractivity contribution in [3.8, 4) is 0 Å². The summed E-state index contributed by atoms with van der Waals surface area (Å²) in [5.41, 5.74) is 0. The van der Waals surface area contributed by atoms with Gasteiger partial charge in [-0.25, -0.2) is 0 Å². The minimum absolute atomic E-state index is 0.240. The third-order valence-electron chi connectivity index (χ3n) is 4.07. The summed E-state index contributed by atoms with van der Waals surface area (Å²) in [6.45, 7) is 4.10. The molecule has 98 valence electrons. The monoisotopic (exact) mass is 264 g/mol. The van der Waals surface area contributed by atoms with Crippen LogP contribution < -0.4 is 5.32 Å². The molecule has 2 unspecified atom stereocenters. The number of nitrogens with one attached hydrogen (secondary N) is 1. The first-order chi connectivity index (χ1) is 8.75. The third kappa shape index (κ3) is 2.19. The fourth-order valence-electron chi connectivity index (χ4n) is 3.19. The van der Waals surface area contributed by atoms with Gasteiger partial charge in [0.25, 0.3) is 5.91 Å². The third-order valence-corrected chi connectivity index (χ3v) is 5.06. The summed E-state index contributed by atoms with van der Waals surface area (Å²) in [5.74, 6) is 0.240. The fourth-order valence-corrected chi connectivity index (χ4v) is 4.02. The van der Waals surface area contributed by atoms with E-state index < -0.39 is 0 Å². The molecule has 0 radical (unpaired) electrons. The second kappa shape index (κ2) is 5.02. The molecular weight excluding hydrogens is 244 g/mol. The maximum atomic E-state index is 12.5. The predicted molar refractivity (Wildman–Crippen MR) is 74.1 cm³/mol. The molecule has 2 saturated heterocycles. The van der Waals surface area contributed by atoms with Gasteiger partial charge in [-0.05, 0) is 51.3 Å². The van der Waals surface area contributed by atoms with E-state index in [2.05, 4.69) is 17.1 Å². The van der Waals surface area contributed by atoms with Gasteiger partial charge in [0, 0.05) is 23.5 Å². The van der Waals surface area contributed by atoms with E-state index in [9.17, 15) is 4.79 Å². The van der Waals surface area contributed by atoms with Gasteiger partial charge in [0.15, 0.2) is 0 Å². The Morgan fingerprint density at radius 2 is 2.28 bits per heavy atom. The average molecular weight is 264 g/mol. The molecule has 0 spiro atoms. The van der Waals surface area contributed by atoms with Crippen LogP contribution in [0.2, 0.25) is 0 Å². The summed E-state index contributed by atoms with van der Waals surface area (Å²) in [5, 5.41) is 3.55. The zero-order valence-corrected chi connectivity index (χ0v) is 11.6. The molecule has 2 aliphatic rings. The fraction of sp³-hybridized carbons (Fsp3) is 0.643. The highest BCUT2D eigenvalue weighted by molar-refractivity contribution is 7.13. The van der Waals surface area contributed by atoms with Gasteiger partial charge < -0.3 is 10.2 Å². The molecule has 1 N–H and O–H groups in total. The smallest absolute Gasteiger partial charge is 0.264 e. The van der Waals surface area contributed by atoms with Crippen LogP contribution in [0, 0.1) is 6.92 Å². The summed E-state index contributed by atoms with van der Waals surface area (Å²) >= 11 is 1.62. The van der Waals surface area contributed by atoms with Crippen LogP contribution in [-0.4, -0.2) is 36.0 Å². The van der Waals surface area contributed by atoms with Crippen molar-refractivity contribution in [3.63, 3.8) is 0 Å². The molecule has 3 rings (SSSR count). The number of likely N-dealkylation sites (tertiary alicyclic amines) is 1. The Hall–Kier alpha value is -0.870. The van der Waals surface area contributed by atoms with Crippen molar-refractivity contribution < 1.29 is 4.79 Å². The van der Waals surface area contributed by atoms with Gasteiger partial charge in [-0.3, -0.25) is 4.79 Å². The van der Waals surface area contributed by atoms with Gasteiger partial charge in [0.2, 0.25) is 0 Å². The minimum Gasteiger partial charge on any atom is -0.333 e. The lowest BCUT2D eigenvalue weighted by atomic mass is 10.0. The average Bonchev–Trinajstić information content (AvgIpc) is 3.08. The van der Waals surface area contributed by atoms with E-state index in [1.807, 2.05) is 12.1 Å². The maximum absolute atomic E-state index is 12.5. The van der Waals surface area contributed by atoms with Crippen molar-refractivity contribution in [2.24, 2.45) is 0 Å². The number of carbonyl (C=O) groups is 1. The number of hydrogen-bond acceptors (Lipinski definition) is 3. The molecule has 1 amide bonds. The van der Waals surface area contributed by atoms with Crippen LogP contribution in [0.1, 0.15) is 40.2 Å². The van der Waals surface area contributed by atoms with E-state index in [1.165, 1.54) is 17.7 Å². The predicted octanol–water partition coefficient (Wildman–Crippen LogP) is 2.41. The van der Waals surface area contributed by atoms with Crippen LogP contribution >= 0.6 is 11.3 Å². The van der Waals surface area contributed by atoms with Gasteiger partial charge in [0.05, 0.1) is 4.88 Å². The number of thiophene rings is 1. The highest BCUT2D eigenvalue weighted by Crippen LogP contribution is 2.28. The number of amides is 1. The van der Waals surface area contributed by atoms with Crippen LogP contribution in [0.25, 0.3) is 0 Å². The molecule has 1 aromatic rings. The lowest BCUT2D eigenvalue weighted by molar-refractivity contribution is 0.0716. The minimum atomic E-state index is 0.240. The first-order valence-electron chi connectivity index (χ1n) is 6.86. The van der Waals surface area contributed by atoms with Crippen LogP contribution in [0.5, 0.6) is 0 Å². The van der Waals surface area contributed by atoms with E-state index in [1.54, 1.807) is 11.3 Å². The molecule has 0 aromatic carbocycles. The molecular formula is C14H20N2OS. The Morgan fingerprint density at radius 1 is 1.39 bits per heavy atom. The van der Waals surface area contributed by atoms with Crippen molar-refractivity contribution in [3.05, 3.63) is 21.9 Å². The Kier molecular flexibility index (Phi) is 3.39. The van der Waals surface area contributed by atoms with Crippen LogP contribution in [-0.2, 0) is 0 Å². The Balaban J connectivity index is 1.75. The van der Waals surface area contributed by atoms with Gasteiger partial charge in [0.1, 0.15) is 0 Å². The zero-order valence-electron chi connectivity index (χ0n) is 10.8. The van der Waals surface area contributed by atoms with Gasteiger partial charge in [-0.1, -0.05) is 0 Å². The Labute approximate surface area is 112 Å². The van der Waals surface area contributed by atoms with Crippen LogP contribution in [0.3, 0.4) is 0 Å². The van der Waals surface area contributed by atoms with Crippen molar-refractivity contribution >= 4 is 17.2 Å². The summed E-state index contributed by atoms with van der Waals surface area (Å²) in [4.78, 5) is 16.8. The van der Waals surface area contributed by atoms with E-state index in [0.717, 1.165) is 30.8 Å². The first-order valence-corrected chi connectivity index (χ1v) is 7.68. The lowest BCUT2D eigenvalue weighted by Gasteiger charge is -2.29. The number of hydrogen-bond donors (Lipinski definition) is 1. The lowest BCUT2D eigenvalue weighted by Crippen LogP contribution is -2.46. The zero-order chi connectivity index (χ0) is 12.5. The largest absolute Gasteiger partial charge is 0.333 e. The van der Waals surface area contributed by atoms with Crippen LogP contribution in [0.15, 0.2) is 12.1 Å². The van der Waals surface area contributed by atoms with Gasteiger partial charge in [-0.15, -0.1) is 11.3 Å². The first kappa shape index (κ1) is 12.2. The molecule has 2 atom stereocenters. The van der Waals surface area contributed by atoms with E-state index in [-0.39, 0.29) is 5.91 Å². The summed E-state index contributed by atoms with van der Waals surface area (Å²) in [6, 6.07) is 4.95. The van der Waals surface area contributed by atoms with Gasteiger partial charge in [-0.2, -0.15) is 0 Å². The SMILES string of the molecule is Cc1ccc(C(=O)N2CCCC2C2CCCN2)s1. The van der Waals surface area contributed by atoms with E-state index in [4.69, 9.17) is 0 Å². The second-order valence-electron chi connectivity index (χ2n) is 5.32. The molecule has 0 aliphatic carbocycles. The number of aryl methyl sites for hydroxylation is 1. The standard InChI is InChI=1S/C14H20N2OS/c1-10-6-7-13(18-10)14(17)16-9-3-5-12(16)11-4-2-8-15-11/h6-7,11-12,15H,2-5,8-9H2,1H3. The summed E-state index contributed by atoms with van der Waals surface area (Å²) in [7, 11) is 0. The summed E-state index contributed by atoms with van der Waals surface area (Å²) < 4.78 is 0. The summed E-state index contributed by atoms with van der Waals surface area (Å²) in [6.07, 6.45) is 4.78. The second-order valence-corrected chi connectivity index (χ2v) is 6.61. The Morgan fingerprint density at radius 3 is 2.94 bits per heavy atom. The quantitative estimate of drug-likeness (QED) is 0.889. The topological polar surface area (TPSA) is 32.3 Å². The van der Waals surface area contributed by atoms with E-state index >= 15 is 0 Å². The van der Waals surface area contributed by atoms with Crippen LogP contribution in [0.4, 0.5) is 0 Å². The van der Waals surface area contributed by atoms with Crippen molar-refractivity contribution in [1.29, 1.82) is 0 Å². The molecule has 2 fully saturated rings. The molecule has 18 heavy (non-hydrogen) atoms. The normalized spacial score (nSPS) is 27.9. The molecule has 2 aliphatic heterocycles. The number of rotatable bonds is 2. The van der Waals surface area contributed by atoms with Gasteiger partial charge >= 0.3 is 0 Å². The van der Waals surface area contributed by atoms with Crippen molar-refractivity contribution in [2.45, 2.75) is 44.7 Å². The molecule has 0 bridgehead atoms. The number of nitrogens with zero attached hydrogens (tertiary/aromatic N) is 1. The van der Waals surface area contributed by atoms with Crippen molar-refractivity contribution in [2.75, 3.05) is 13.1 Å². The molecule has 1 aromatic heterocycles. The van der Waals surface area contributed by atoms with E-state index in [0.29, 0.717) is 12.1 Å². The Bertz CT molecular complexity index is 437. The van der Waals surface area contributed by atoms with Crippen molar-refractivity contribution in [1.82, 2.24) is 10.2 Å².